The number of aliphatic imine (C=N–C) groups is 1. The van der Waals surface area contributed by atoms with E-state index in [1.165, 1.54) is 11.8 Å². The molecule has 0 spiro atoms. The first-order chi connectivity index (χ1) is 19.1. The molecule has 15 heteroatoms. The summed E-state index contributed by atoms with van der Waals surface area (Å²) in [4.78, 5) is 58.0. The van der Waals surface area contributed by atoms with Gasteiger partial charge in [-0.2, -0.15) is 24.4 Å². The molecule has 0 aliphatic heterocycles. The lowest BCUT2D eigenvalue weighted by atomic mass is 10.0. The van der Waals surface area contributed by atoms with Crippen LogP contribution >= 0.6 is 24.4 Å². The van der Waals surface area contributed by atoms with Crippen molar-refractivity contribution < 1.29 is 24.3 Å². The SMILES string of the molecule is CSCCC(NC(=O)C(Cc1c[nH]c2ccccc12)NC(=O)C(N)CS)C(=O)NC(CCCN=C(N)N)C(=O)O. The Hall–Kier alpha value is -3.43. The van der Waals surface area contributed by atoms with Crippen molar-refractivity contribution in [1.82, 2.24) is 20.9 Å². The molecule has 4 unspecified atom stereocenters. The van der Waals surface area contributed by atoms with Crippen LogP contribution in [0.1, 0.15) is 24.8 Å². The van der Waals surface area contributed by atoms with Crippen LogP contribution in [-0.4, -0.2) is 88.2 Å². The molecule has 0 radical (unpaired) electrons. The third-order valence-corrected chi connectivity index (χ3v) is 7.11. The number of rotatable bonds is 17. The Balaban J connectivity index is 2.21. The first kappa shape index (κ1) is 32.8. The van der Waals surface area contributed by atoms with Gasteiger partial charge in [-0.1, -0.05) is 18.2 Å². The maximum absolute atomic E-state index is 13.5. The summed E-state index contributed by atoms with van der Waals surface area (Å²) >= 11 is 5.53. The van der Waals surface area contributed by atoms with Crippen molar-refractivity contribution in [3.63, 3.8) is 0 Å². The number of fused-ring (bicyclic) bond motifs is 1. The molecule has 0 saturated carbocycles. The van der Waals surface area contributed by atoms with Crippen molar-refractivity contribution in [2.75, 3.05) is 24.3 Å². The van der Waals surface area contributed by atoms with Gasteiger partial charge in [0.05, 0.1) is 6.04 Å². The van der Waals surface area contributed by atoms with Crippen molar-refractivity contribution in [2.24, 2.45) is 22.2 Å². The van der Waals surface area contributed by atoms with Gasteiger partial charge in [-0.3, -0.25) is 19.4 Å². The summed E-state index contributed by atoms with van der Waals surface area (Å²) < 4.78 is 0. The quantitative estimate of drug-likeness (QED) is 0.0488. The average Bonchev–Trinajstić information content (AvgIpc) is 3.33. The summed E-state index contributed by atoms with van der Waals surface area (Å²) in [6, 6.07) is 3.28. The topological polar surface area (TPSA) is 231 Å². The predicted octanol–water partition coefficient (Wildman–Crippen LogP) is -0.687. The number of para-hydroxylation sites is 1. The van der Waals surface area contributed by atoms with Crippen LogP contribution in [0.3, 0.4) is 0 Å². The predicted molar refractivity (Wildman–Crippen MR) is 160 cm³/mol. The number of carbonyl (C=O) groups is 4. The van der Waals surface area contributed by atoms with Gasteiger partial charge in [-0.25, -0.2) is 4.79 Å². The molecule has 0 aliphatic carbocycles. The Bertz CT molecular complexity index is 1190. The summed E-state index contributed by atoms with van der Waals surface area (Å²) in [5.41, 5.74) is 18.1. The van der Waals surface area contributed by atoms with Gasteiger partial charge in [-0.15, -0.1) is 0 Å². The molecule has 40 heavy (non-hydrogen) atoms. The second kappa shape index (κ2) is 16.6. The molecule has 2 rings (SSSR count). The van der Waals surface area contributed by atoms with Crippen molar-refractivity contribution >= 4 is 64.9 Å². The van der Waals surface area contributed by atoms with Gasteiger partial charge >= 0.3 is 5.97 Å². The number of thiol groups is 1. The first-order valence-corrected chi connectivity index (χ1v) is 14.7. The van der Waals surface area contributed by atoms with E-state index in [1.807, 2.05) is 30.5 Å². The largest absolute Gasteiger partial charge is 0.480 e. The van der Waals surface area contributed by atoms with Gasteiger partial charge in [0, 0.05) is 35.8 Å². The fraction of sp³-hybridized carbons (Fsp3) is 0.480. The van der Waals surface area contributed by atoms with Crippen LogP contribution in [0.5, 0.6) is 0 Å². The molecule has 0 bridgehead atoms. The molecule has 1 aromatic heterocycles. The van der Waals surface area contributed by atoms with E-state index in [9.17, 15) is 24.3 Å². The second-order valence-electron chi connectivity index (χ2n) is 9.10. The maximum atomic E-state index is 13.5. The molecule has 0 saturated heterocycles. The van der Waals surface area contributed by atoms with Gasteiger partial charge in [-0.05, 0) is 42.9 Å². The van der Waals surface area contributed by atoms with E-state index < -0.39 is 47.9 Å². The fourth-order valence-corrected chi connectivity index (χ4v) is 4.54. The van der Waals surface area contributed by atoms with E-state index in [0.717, 1.165) is 16.5 Å². The number of amides is 3. The number of benzene rings is 1. The Labute approximate surface area is 242 Å². The normalized spacial score (nSPS) is 14.0. The summed E-state index contributed by atoms with van der Waals surface area (Å²) in [5.74, 6) is -2.56. The molecule has 220 valence electrons. The lowest BCUT2D eigenvalue weighted by Gasteiger charge is -2.25. The summed E-state index contributed by atoms with van der Waals surface area (Å²) in [7, 11) is 0. The van der Waals surface area contributed by atoms with E-state index in [4.69, 9.17) is 17.2 Å². The first-order valence-electron chi connectivity index (χ1n) is 12.7. The monoisotopic (exact) mass is 594 g/mol. The van der Waals surface area contributed by atoms with Crippen molar-refractivity contribution in [2.45, 2.75) is 49.9 Å². The molecule has 0 fully saturated rings. The molecule has 2 aromatic rings. The number of nitrogens with two attached hydrogens (primary N) is 3. The third kappa shape index (κ3) is 10.3. The lowest BCUT2D eigenvalue weighted by molar-refractivity contribution is -0.142. The van der Waals surface area contributed by atoms with Crippen molar-refractivity contribution in [3.8, 4) is 0 Å². The minimum atomic E-state index is -1.22. The van der Waals surface area contributed by atoms with Crippen LogP contribution in [0, 0.1) is 0 Å². The molecule has 1 heterocycles. The number of hydrogen-bond acceptors (Lipinski definition) is 8. The number of hydrogen-bond donors (Lipinski definition) is 9. The van der Waals surface area contributed by atoms with Gasteiger partial charge in [0.1, 0.15) is 18.1 Å². The Kier molecular flexibility index (Phi) is 13.6. The summed E-state index contributed by atoms with van der Waals surface area (Å²) in [6.45, 7) is 0.207. The van der Waals surface area contributed by atoms with Crippen LogP contribution in [0.15, 0.2) is 35.5 Å². The molecular weight excluding hydrogens is 556 g/mol. The van der Waals surface area contributed by atoms with Crippen molar-refractivity contribution in [1.29, 1.82) is 0 Å². The van der Waals surface area contributed by atoms with E-state index in [1.54, 1.807) is 6.20 Å². The number of thioether (sulfide) groups is 1. The zero-order valence-corrected chi connectivity index (χ0v) is 24.0. The number of aliphatic carboxylic acids is 1. The molecular formula is C25H38N8O5S2. The lowest BCUT2D eigenvalue weighted by Crippen LogP contribution is -2.58. The molecule has 3 amide bonds. The van der Waals surface area contributed by atoms with Crippen LogP contribution in [-0.2, 0) is 25.6 Å². The Morgan fingerprint density at radius 2 is 1.68 bits per heavy atom. The molecule has 0 aliphatic rings. The van der Waals surface area contributed by atoms with Crippen LogP contribution in [0.4, 0.5) is 0 Å². The Morgan fingerprint density at radius 3 is 2.33 bits per heavy atom. The molecule has 13 nitrogen and oxygen atoms in total. The van der Waals surface area contributed by atoms with Gasteiger partial charge in [0.2, 0.25) is 17.7 Å². The van der Waals surface area contributed by atoms with E-state index in [2.05, 4.69) is 38.6 Å². The molecule has 4 atom stereocenters. The van der Waals surface area contributed by atoms with Gasteiger partial charge < -0.3 is 43.2 Å². The standard InChI is InChI=1S/C25H38N8O5S2/c1-40-10-8-18(22(35)32-19(24(37)38)7-4-9-29-25(27)28)31-23(36)20(33-21(34)16(26)13-39)11-14-12-30-17-6-3-2-5-15(14)17/h2-3,5-6,12,16,18-20,30,39H,4,7-11,13,26H2,1H3,(H,31,36)(H,32,35)(H,33,34)(H,37,38)(H4,27,28,29). The van der Waals surface area contributed by atoms with E-state index in [-0.39, 0.29) is 37.5 Å². The summed E-state index contributed by atoms with van der Waals surface area (Å²) in [5, 5.41) is 18.4. The van der Waals surface area contributed by atoms with Gasteiger partial charge in [0.25, 0.3) is 0 Å². The number of guanidine groups is 1. The number of carboxylic acids is 1. The minimum absolute atomic E-state index is 0.0752. The zero-order chi connectivity index (χ0) is 29.7. The fourth-order valence-electron chi connectivity index (χ4n) is 3.90. The number of aromatic nitrogens is 1. The highest BCUT2D eigenvalue weighted by molar-refractivity contribution is 7.98. The minimum Gasteiger partial charge on any atom is -0.480 e. The number of carbonyl (C=O) groups excluding carboxylic acids is 3. The number of aromatic amines is 1. The highest BCUT2D eigenvalue weighted by Crippen LogP contribution is 2.19. The highest BCUT2D eigenvalue weighted by Gasteiger charge is 2.30. The van der Waals surface area contributed by atoms with Crippen molar-refractivity contribution in [3.05, 3.63) is 36.0 Å². The van der Waals surface area contributed by atoms with Crippen LogP contribution in [0.25, 0.3) is 10.9 Å². The smallest absolute Gasteiger partial charge is 0.326 e. The maximum Gasteiger partial charge on any atom is 0.326 e. The number of H-pyrrole nitrogens is 1. The zero-order valence-electron chi connectivity index (χ0n) is 22.3. The number of nitrogens with zero attached hydrogens (tertiary/aromatic N) is 1. The molecule has 1 aromatic carbocycles. The van der Waals surface area contributed by atoms with Gasteiger partial charge in [0.15, 0.2) is 5.96 Å². The van der Waals surface area contributed by atoms with E-state index in [0.29, 0.717) is 12.2 Å². The number of nitrogens with one attached hydrogen (secondary N) is 4. The Morgan fingerprint density at radius 1 is 1.02 bits per heavy atom. The summed E-state index contributed by atoms with van der Waals surface area (Å²) in [6.07, 6.45) is 4.37. The average molecular weight is 595 g/mol. The number of carboxylic acid groups (broad SMARTS) is 1. The molecule has 11 N–H and O–H groups in total. The third-order valence-electron chi connectivity index (χ3n) is 6.07. The van der Waals surface area contributed by atoms with E-state index >= 15 is 0 Å². The van der Waals surface area contributed by atoms with Crippen LogP contribution < -0.4 is 33.2 Å². The second-order valence-corrected chi connectivity index (χ2v) is 10.5. The highest BCUT2D eigenvalue weighted by atomic mass is 32.2. The van der Waals surface area contributed by atoms with Crippen LogP contribution in [0.2, 0.25) is 0 Å².